The zero-order valence-corrected chi connectivity index (χ0v) is 11.5. The molecule has 0 radical (unpaired) electrons. The van der Waals surface area contributed by atoms with Crippen molar-refractivity contribution in [3.8, 4) is 0 Å². The van der Waals surface area contributed by atoms with Crippen LogP contribution in [0.25, 0.3) is 0 Å². The second-order valence-electron chi connectivity index (χ2n) is 4.70. The standard InChI is InChI=1S/C13H17F3N2S/c1-2-17-11(9-3-4-9)8-19-12-6-5-10(7-18-12)13(14,15)16/h5-7,9,11,17H,2-4,8H2,1H3. The van der Waals surface area contributed by atoms with Crippen molar-refractivity contribution in [3.63, 3.8) is 0 Å². The monoisotopic (exact) mass is 290 g/mol. The molecule has 0 aliphatic heterocycles. The minimum absolute atomic E-state index is 0.444. The molecule has 6 heteroatoms. The molecule has 2 rings (SSSR count). The molecule has 1 aliphatic rings. The van der Waals surface area contributed by atoms with Crippen molar-refractivity contribution in [3.05, 3.63) is 23.9 Å². The van der Waals surface area contributed by atoms with Gasteiger partial charge in [0.2, 0.25) is 0 Å². The number of pyridine rings is 1. The van der Waals surface area contributed by atoms with Gasteiger partial charge in [0.05, 0.1) is 10.6 Å². The normalized spacial score (nSPS) is 17.5. The van der Waals surface area contributed by atoms with E-state index in [1.54, 1.807) is 0 Å². The summed E-state index contributed by atoms with van der Waals surface area (Å²) in [4.78, 5) is 3.87. The quantitative estimate of drug-likeness (QED) is 0.811. The lowest BCUT2D eigenvalue weighted by Gasteiger charge is -2.16. The number of aromatic nitrogens is 1. The number of rotatable bonds is 6. The first kappa shape index (κ1) is 14.7. The molecule has 0 spiro atoms. The van der Waals surface area contributed by atoms with Crippen molar-refractivity contribution < 1.29 is 13.2 Å². The fraction of sp³-hybridized carbons (Fsp3) is 0.615. The molecule has 0 bridgehead atoms. The van der Waals surface area contributed by atoms with Gasteiger partial charge in [-0.1, -0.05) is 6.92 Å². The molecular formula is C13H17F3N2S. The number of nitrogens with one attached hydrogen (secondary N) is 1. The summed E-state index contributed by atoms with van der Waals surface area (Å²) in [6.07, 6.45) is -0.907. The SMILES string of the molecule is CCNC(CSc1ccc(C(F)(F)F)cn1)C1CC1. The summed E-state index contributed by atoms with van der Waals surface area (Å²) in [5, 5.41) is 4.07. The van der Waals surface area contributed by atoms with E-state index in [2.05, 4.69) is 17.2 Å². The maximum absolute atomic E-state index is 12.4. The first-order chi connectivity index (χ1) is 9.00. The van der Waals surface area contributed by atoms with Crippen LogP contribution in [0, 0.1) is 5.92 Å². The van der Waals surface area contributed by atoms with E-state index < -0.39 is 11.7 Å². The van der Waals surface area contributed by atoms with Gasteiger partial charge in [-0.2, -0.15) is 13.2 Å². The Balaban J connectivity index is 1.88. The molecule has 1 fully saturated rings. The van der Waals surface area contributed by atoms with Crippen molar-refractivity contribution in [2.75, 3.05) is 12.3 Å². The van der Waals surface area contributed by atoms with Crippen molar-refractivity contribution in [1.82, 2.24) is 10.3 Å². The molecule has 1 aliphatic carbocycles. The van der Waals surface area contributed by atoms with Crippen LogP contribution in [0.15, 0.2) is 23.4 Å². The number of thioether (sulfide) groups is 1. The predicted molar refractivity (Wildman–Crippen MR) is 70.2 cm³/mol. The summed E-state index contributed by atoms with van der Waals surface area (Å²) >= 11 is 1.52. The Bertz CT molecular complexity index is 401. The highest BCUT2D eigenvalue weighted by Crippen LogP contribution is 2.35. The van der Waals surface area contributed by atoms with E-state index in [1.165, 1.54) is 30.7 Å². The highest BCUT2D eigenvalue weighted by molar-refractivity contribution is 7.99. The summed E-state index contributed by atoms with van der Waals surface area (Å²) in [6, 6.07) is 2.98. The van der Waals surface area contributed by atoms with Gasteiger partial charge in [-0.15, -0.1) is 11.8 Å². The van der Waals surface area contributed by atoms with E-state index in [1.807, 2.05) is 0 Å². The lowest BCUT2D eigenvalue weighted by Crippen LogP contribution is -2.33. The number of hydrogen-bond donors (Lipinski definition) is 1. The van der Waals surface area contributed by atoms with E-state index in [9.17, 15) is 13.2 Å². The van der Waals surface area contributed by atoms with Crippen molar-refractivity contribution in [2.45, 2.75) is 37.0 Å². The highest BCUT2D eigenvalue weighted by Gasteiger charge is 2.32. The van der Waals surface area contributed by atoms with Gasteiger partial charge in [0.1, 0.15) is 0 Å². The van der Waals surface area contributed by atoms with Gasteiger partial charge in [-0.05, 0) is 37.4 Å². The average molecular weight is 290 g/mol. The van der Waals surface area contributed by atoms with Gasteiger partial charge in [0.25, 0.3) is 0 Å². The second-order valence-corrected chi connectivity index (χ2v) is 5.74. The van der Waals surface area contributed by atoms with Gasteiger partial charge in [-0.3, -0.25) is 0 Å². The zero-order chi connectivity index (χ0) is 13.9. The highest BCUT2D eigenvalue weighted by atomic mass is 32.2. The van der Waals surface area contributed by atoms with E-state index >= 15 is 0 Å². The van der Waals surface area contributed by atoms with E-state index in [4.69, 9.17) is 0 Å². The third-order valence-corrected chi connectivity index (χ3v) is 4.19. The molecule has 0 saturated heterocycles. The molecule has 1 saturated carbocycles. The van der Waals surface area contributed by atoms with Crippen LogP contribution in [0.1, 0.15) is 25.3 Å². The van der Waals surface area contributed by atoms with Gasteiger partial charge in [-0.25, -0.2) is 4.98 Å². The molecule has 1 aromatic heterocycles. The fourth-order valence-corrected chi connectivity index (χ4v) is 2.96. The van der Waals surface area contributed by atoms with E-state index in [0.29, 0.717) is 11.1 Å². The third-order valence-electron chi connectivity index (χ3n) is 3.13. The van der Waals surface area contributed by atoms with E-state index in [-0.39, 0.29) is 0 Å². The smallest absolute Gasteiger partial charge is 0.313 e. The third kappa shape index (κ3) is 4.38. The van der Waals surface area contributed by atoms with Crippen LogP contribution in [0.4, 0.5) is 13.2 Å². The molecule has 0 aromatic carbocycles. The minimum Gasteiger partial charge on any atom is -0.313 e. The molecule has 2 nitrogen and oxygen atoms in total. The first-order valence-corrected chi connectivity index (χ1v) is 7.38. The number of halogens is 3. The number of nitrogens with zero attached hydrogens (tertiary/aromatic N) is 1. The first-order valence-electron chi connectivity index (χ1n) is 6.40. The molecule has 1 atom stereocenters. The topological polar surface area (TPSA) is 24.9 Å². The van der Waals surface area contributed by atoms with Crippen LogP contribution in [0.2, 0.25) is 0 Å². The van der Waals surface area contributed by atoms with Gasteiger partial charge < -0.3 is 5.32 Å². The molecule has 1 unspecified atom stereocenters. The predicted octanol–water partition coefficient (Wildman–Crippen LogP) is 3.58. The van der Waals surface area contributed by atoms with Crippen LogP contribution in [-0.2, 0) is 6.18 Å². The Morgan fingerprint density at radius 2 is 2.16 bits per heavy atom. The minimum atomic E-state index is -4.31. The molecule has 0 amide bonds. The maximum atomic E-state index is 12.4. The summed E-state index contributed by atoms with van der Waals surface area (Å²) in [5.41, 5.74) is -0.692. The number of hydrogen-bond acceptors (Lipinski definition) is 3. The largest absolute Gasteiger partial charge is 0.417 e. The Hall–Kier alpha value is -0.750. The van der Waals surface area contributed by atoms with E-state index in [0.717, 1.165) is 30.5 Å². The van der Waals surface area contributed by atoms with Crippen LogP contribution in [0.5, 0.6) is 0 Å². The van der Waals surface area contributed by atoms with Crippen LogP contribution < -0.4 is 5.32 Å². The fourth-order valence-electron chi connectivity index (χ4n) is 1.93. The molecule has 19 heavy (non-hydrogen) atoms. The lowest BCUT2D eigenvalue weighted by molar-refractivity contribution is -0.137. The van der Waals surface area contributed by atoms with Crippen LogP contribution in [0.3, 0.4) is 0 Å². The van der Waals surface area contributed by atoms with Crippen molar-refractivity contribution in [2.24, 2.45) is 5.92 Å². The second kappa shape index (κ2) is 6.13. The van der Waals surface area contributed by atoms with Crippen molar-refractivity contribution in [1.29, 1.82) is 0 Å². The summed E-state index contributed by atoms with van der Waals surface area (Å²) in [5.74, 6) is 1.58. The van der Waals surface area contributed by atoms with Crippen LogP contribution in [-0.4, -0.2) is 23.3 Å². The van der Waals surface area contributed by atoms with Gasteiger partial charge >= 0.3 is 6.18 Å². The van der Waals surface area contributed by atoms with Gasteiger partial charge in [0, 0.05) is 18.0 Å². The molecule has 1 N–H and O–H groups in total. The maximum Gasteiger partial charge on any atom is 0.417 e. The molecular weight excluding hydrogens is 273 g/mol. The average Bonchev–Trinajstić information content (AvgIpc) is 3.18. The Morgan fingerprint density at radius 1 is 1.42 bits per heavy atom. The Morgan fingerprint density at radius 3 is 2.63 bits per heavy atom. The van der Waals surface area contributed by atoms with Gasteiger partial charge in [0.15, 0.2) is 0 Å². The number of alkyl halides is 3. The summed E-state index contributed by atoms with van der Waals surface area (Å²) < 4.78 is 37.2. The molecule has 1 aromatic rings. The summed E-state index contributed by atoms with van der Waals surface area (Å²) in [7, 11) is 0. The molecule has 106 valence electrons. The zero-order valence-electron chi connectivity index (χ0n) is 10.7. The summed E-state index contributed by atoms with van der Waals surface area (Å²) in [6.45, 7) is 2.98. The van der Waals surface area contributed by atoms with Crippen molar-refractivity contribution >= 4 is 11.8 Å². The Labute approximate surface area is 115 Å². The van der Waals surface area contributed by atoms with Crippen LogP contribution >= 0.6 is 11.8 Å². The Kier molecular flexibility index (Phi) is 4.73. The lowest BCUT2D eigenvalue weighted by atomic mass is 10.2. The molecule has 1 heterocycles.